The summed E-state index contributed by atoms with van der Waals surface area (Å²) >= 11 is 6.58. The molecular weight excluding hydrogens is 1170 g/mol. The molecule has 8 rings (SSSR count). The highest BCUT2D eigenvalue weighted by molar-refractivity contribution is 7.99. The number of carboxylic acids is 1. The van der Waals surface area contributed by atoms with Gasteiger partial charge in [0.2, 0.25) is 23.4 Å². The second-order valence-corrected chi connectivity index (χ2v) is 26.7. The van der Waals surface area contributed by atoms with Gasteiger partial charge in [0.25, 0.3) is 0 Å². The molecule has 6 fully saturated rings. The lowest BCUT2D eigenvalue weighted by molar-refractivity contribution is -0.192. The maximum absolute atomic E-state index is 13.5. The number of ether oxygens (including phenoxy) is 2. The molecule has 0 saturated heterocycles. The smallest absolute Gasteiger partial charge is 0.475 e. The Morgan fingerprint density at radius 1 is 0.744 bits per heavy atom. The van der Waals surface area contributed by atoms with Crippen molar-refractivity contribution in [2.45, 2.75) is 187 Å². The van der Waals surface area contributed by atoms with E-state index in [0.717, 1.165) is 55.0 Å². The number of carboxylic acid groups (broad SMARTS) is 1. The number of rotatable bonds is 18. The average Bonchev–Trinajstić information content (AvgIpc) is 1.39. The molecule has 0 aromatic heterocycles. The molecule has 0 unspecified atom stereocenters. The van der Waals surface area contributed by atoms with E-state index < -0.39 is 107 Å². The number of nitrogens with two attached hydrogens (primary N) is 3. The van der Waals surface area contributed by atoms with E-state index in [2.05, 4.69) is 24.2 Å². The maximum atomic E-state index is 13.5. The predicted molar refractivity (Wildman–Crippen MR) is 311 cm³/mol. The summed E-state index contributed by atoms with van der Waals surface area (Å²) in [6.45, 7) is 13.0. The number of aliphatic hydroxyl groups is 4. The number of guanidine groups is 1. The number of nitrogens with one attached hydrogen (secondary N) is 1. The molecular formula is C60H89ClF3N5O16S. The van der Waals surface area contributed by atoms with Crippen molar-refractivity contribution in [3.8, 4) is 0 Å². The number of nitrogens with zero attached hydrogens (tertiary/aromatic N) is 1. The highest BCUT2D eigenvalue weighted by Crippen LogP contribution is 2.69. The van der Waals surface area contributed by atoms with Gasteiger partial charge in [-0.05, 0) is 148 Å². The Bertz CT molecular complexity index is 2680. The van der Waals surface area contributed by atoms with Crippen LogP contribution in [-0.2, 0) is 52.6 Å². The van der Waals surface area contributed by atoms with Crippen LogP contribution in [0, 0.1) is 63.1 Å². The molecule has 26 heteroatoms. The lowest BCUT2D eigenvalue weighted by atomic mass is 9.45. The zero-order valence-electron chi connectivity index (χ0n) is 50.3. The van der Waals surface area contributed by atoms with Crippen molar-refractivity contribution >= 4 is 82.2 Å². The summed E-state index contributed by atoms with van der Waals surface area (Å²) in [5.41, 5.74) is 12.8. The molecule has 0 radical (unpaired) electrons. The standard InChI is InChI=1S/C33H51N5O8S.C23H31ClO6.C2HF3O2.C2H6/c1-18(29(44)38-23(28(34)43)5-4-12-37-30(35)36)16-47-17-26(42)46-15-25(41)33(45)11-9-22-21-7-6-19-13-20(39)8-10-31(19,2)27(21)24(40)14-32(22,33)3;1-21-7-5-14(25)9-13(21)3-4-15-16-6-8-23(29,18(27)12-30-19(28)11-24)22(16,2)10-17(26)20(15)21;3-2(4,5)1(6)7;1-2/h13,18,21-24,27,40,45H,4-12,14-17H2,1-3H3,(H2,34,43)(H,38,44)(H4,35,36,37);9,15-17,20,26,29H,3-8,10-12H2,1-2H3;(H,6,7);1-2H3/t18-,21-,22-,23+,24-,27+,31-,32-,33-;15-,16-,17-,20+,21-,22-,23-;;/m00../s1. The fourth-order valence-electron chi connectivity index (χ4n) is 16.4. The number of aliphatic carboxylic acids is 1. The van der Waals surface area contributed by atoms with Gasteiger partial charge in [-0.1, -0.05) is 59.6 Å². The number of carbonyl (C=O) groups is 9. The van der Waals surface area contributed by atoms with Gasteiger partial charge in [0.1, 0.15) is 23.1 Å². The first kappa shape index (κ1) is 71.8. The van der Waals surface area contributed by atoms with E-state index in [1.54, 1.807) is 19.1 Å². The van der Waals surface area contributed by atoms with Gasteiger partial charge in [-0.25, -0.2) is 4.79 Å². The predicted octanol–water partition coefficient (Wildman–Crippen LogP) is 4.96. The highest BCUT2D eigenvalue weighted by atomic mass is 35.5. The van der Waals surface area contributed by atoms with E-state index in [1.807, 2.05) is 27.7 Å². The Balaban J connectivity index is 0.000000294. The molecule has 12 N–H and O–H groups in total. The summed E-state index contributed by atoms with van der Waals surface area (Å²) in [7, 11) is 0. The van der Waals surface area contributed by atoms with Crippen LogP contribution in [-0.4, -0.2) is 157 Å². The van der Waals surface area contributed by atoms with Gasteiger partial charge in [0, 0.05) is 41.9 Å². The third kappa shape index (κ3) is 14.9. The van der Waals surface area contributed by atoms with Gasteiger partial charge < -0.3 is 57.5 Å². The summed E-state index contributed by atoms with van der Waals surface area (Å²) in [6.07, 6.45) is 5.92. The van der Waals surface area contributed by atoms with Gasteiger partial charge >= 0.3 is 24.1 Å². The molecule has 0 spiro atoms. The number of fused-ring (bicyclic) bond motifs is 10. The van der Waals surface area contributed by atoms with Crippen molar-refractivity contribution in [2.24, 2.45) is 85.3 Å². The molecule has 86 heavy (non-hydrogen) atoms. The van der Waals surface area contributed by atoms with Crippen LogP contribution in [0.5, 0.6) is 0 Å². The maximum Gasteiger partial charge on any atom is 0.490 e. The summed E-state index contributed by atoms with van der Waals surface area (Å²) < 4.78 is 41.9. The van der Waals surface area contributed by atoms with Crippen LogP contribution in [0.2, 0.25) is 0 Å². The quantitative estimate of drug-likeness (QED) is 0.0288. The van der Waals surface area contributed by atoms with Crippen molar-refractivity contribution < 1.29 is 91.3 Å². The summed E-state index contributed by atoms with van der Waals surface area (Å²) in [5, 5.41) is 56.0. The fraction of sp³-hybridized carbons (Fsp3) is 0.767. The Morgan fingerprint density at radius 3 is 1.57 bits per heavy atom. The minimum atomic E-state index is -5.08. The number of thioether (sulfide) groups is 1. The normalized spacial score (nSPS) is 35.3. The van der Waals surface area contributed by atoms with Crippen LogP contribution in [0.3, 0.4) is 0 Å². The first-order chi connectivity index (χ1) is 40.0. The summed E-state index contributed by atoms with van der Waals surface area (Å²) in [5.74, 6) is -6.36. The second kappa shape index (κ2) is 28.7. The van der Waals surface area contributed by atoms with Gasteiger partial charge in [0.05, 0.1) is 18.0 Å². The van der Waals surface area contributed by atoms with Gasteiger partial charge in [-0.15, -0.1) is 23.4 Å². The lowest BCUT2D eigenvalue weighted by Gasteiger charge is -2.60. The Hall–Kier alpha value is -4.95. The molecule has 8 aliphatic carbocycles. The largest absolute Gasteiger partial charge is 0.490 e. The molecule has 484 valence electrons. The molecule has 0 aromatic carbocycles. The topological polar surface area (TPSA) is 376 Å². The van der Waals surface area contributed by atoms with Crippen LogP contribution in [0.1, 0.15) is 151 Å². The SMILES string of the molecule is CC.C[C@@H](CSCC(=O)OCC(=O)[C@@]1(O)CC[C@H]2[C@@H]3CCC4=CC(=O)CC[C@]4(C)[C@H]3[C@@H](O)C[C@@]21C)C(=O)N[C@H](CCCN=C(N)N)C(N)=O.C[C@]12CCC(=O)C=C1CC[C@@H]1[C@@H]2[C@@H](O)C[C@@]2(C)[C@H]1CC[C@]2(O)C(=O)COC(=O)CCl.O=C(O)C(F)(F)F. The number of alkyl halides is 4. The number of hydrogen-bond acceptors (Lipinski definition) is 17. The second-order valence-electron chi connectivity index (χ2n) is 25.4. The van der Waals surface area contributed by atoms with E-state index in [0.29, 0.717) is 57.9 Å². The van der Waals surface area contributed by atoms with Gasteiger partial charge in [-0.2, -0.15) is 13.2 Å². The molecule has 21 nitrogen and oxygen atoms in total. The zero-order chi connectivity index (χ0) is 64.7. The van der Waals surface area contributed by atoms with Gasteiger partial charge in [0.15, 0.2) is 30.7 Å². The van der Waals surface area contributed by atoms with Crippen LogP contribution >= 0.6 is 23.4 Å². The first-order valence-corrected chi connectivity index (χ1v) is 31.5. The summed E-state index contributed by atoms with van der Waals surface area (Å²) in [6, 6.07) is -0.882. The van der Waals surface area contributed by atoms with Crippen molar-refractivity contribution in [2.75, 3.05) is 37.1 Å². The minimum absolute atomic E-state index is 0.0205. The molecule has 2 amide bonds. The fourth-order valence-corrected chi connectivity index (χ4v) is 17.4. The van der Waals surface area contributed by atoms with Crippen LogP contribution in [0.4, 0.5) is 13.2 Å². The molecule has 0 aliphatic heterocycles. The van der Waals surface area contributed by atoms with E-state index in [1.165, 1.54) is 0 Å². The van der Waals surface area contributed by atoms with Crippen molar-refractivity contribution in [3.05, 3.63) is 23.3 Å². The van der Waals surface area contributed by atoms with Crippen LogP contribution in [0.15, 0.2) is 28.3 Å². The lowest BCUT2D eigenvalue weighted by Crippen LogP contribution is -2.62. The average molecular weight is 1260 g/mol. The summed E-state index contributed by atoms with van der Waals surface area (Å²) in [4.78, 5) is 112. The molecule has 8 aliphatic rings. The number of primary amides is 1. The van der Waals surface area contributed by atoms with Gasteiger partial charge in [-0.3, -0.25) is 43.3 Å². The number of allylic oxidation sites excluding steroid dienone is 2. The number of carbonyl (C=O) groups excluding carboxylic acids is 8. The Labute approximate surface area is 509 Å². The number of halogens is 4. The minimum Gasteiger partial charge on any atom is -0.475 e. The number of aliphatic hydroxyl groups excluding tert-OH is 2. The number of aliphatic imine (C=N–C) groups is 1. The highest BCUT2D eigenvalue weighted by Gasteiger charge is 2.70. The third-order valence-corrected chi connectivity index (χ3v) is 22.1. The van der Waals surface area contributed by atoms with Crippen LogP contribution in [0.25, 0.3) is 0 Å². The number of amides is 2. The Kier molecular flexibility index (Phi) is 24.0. The van der Waals surface area contributed by atoms with Crippen LogP contribution < -0.4 is 22.5 Å². The molecule has 0 bridgehead atoms. The van der Waals surface area contributed by atoms with E-state index in [-0.39, 0.29) is 101 Å². The number of ketones is 4. The molecule has 6 saturated carbocycles. The van der Waals surface area contributed by atoms with E-state index in [9.17, 15) is 72.0 Å². The van der Waals surface area contributed by atoms with Crippen molar-refractivity contribution in [1.82, 2.24) is 5.32 Å². The van der Waals surface area contributed by atoms with Crippen molar-refractivity contribution in [3.63, 3.8) is 0 Å². The Morgan fingerprint density at radius 2 is 1.17 bits per heavy atom. The number of Topliss-reactive ketones (excluding diaryl/α,β-unsaturated/α-hetero) is 2. The number of hydrogen-bond donors (Lipinski definition) is 9. The van der Waals surface area contributed by atoms with Crippen molar-refractivity contribution in [1.29, 1.82) is 0 Å². The van der Waals surface area contributed by atoms with E-state index >= 15 is 0 Å². The first-order valence-electron chi connectivity index (χ1n) is 29.8. The third-order valence-electron chi connectivity index (χ3n) is 20.7. The number of esters is 2. The molecule has 16 atom stereocenters. The van der Waals surface area contributed by atoms with E-state index in [4.69, 9.17) is 48.2 Å². The molecule has 0 heterocycles. The monoisotopic (exact) mass is 1260 g/mol. The zero-order valence-corrected chi connectivity index (χ0v) is 51.9. The molecule has 0 aromatic rings.